The molecule has 1 saturated heterocycles. The SMILES string of the molecule is Cc1nc(=O)[nH]c(C)c1CCC(=O)N1CCCCC1CCc1cccc(O)c1. The molecule has 3 rings (SSSR count). The van der Waals surface area contributed by atoms with Gasteiger partial charge in [-0.3, -0.25) is 4.79 Å². The number of aryl methyl sites for hydroxylation is 3. The fourth-order valence-electron chi connectivity index (χ4n) is 4.17. The summed E-state index contributed by atoms with van der Waals surface area (Å²) in [5.41, 5.74) is 3.22. The molecule has 1 aromatic carbocycles. The Morgan fingerprint density at radius 2 is 2.11 bits per heavy atom. The Bertz CT molecular complexity index is 865. The third kappa shape index (κ3) is 5.00. The van der Waals surface area contributed by atoms with Crippen LogP contribution in [0.1, 0.15) is 54.6 Å². The topological polar surface area (TPSA) is 86.3 Å². The molecule has 1 fully saturated rings. The van der Waals surface area contributed by atoms with Gasteiger partial charge in [-0.2, -0.15) is 4.98 Å². The lowest BCUT2D eigenvalue weighted by atomic mass is 9.95. The highest BCUT2D eigenvalue weighted by Crippen LogP contribution is 2.24. The Morgan fingerprint density at radius 3 is 2.86 bits per heavy atom. The standard InChI is InChI=1S/C22H29N3O3/c1-15-20(16(2)24-22(28)23-15)11-12-21(27)25-13-4-3-7-18(25)10-9-17-6-5-8-19(26)14-17/h5-6,8,14,18,26H,3-4,7,9-13H2,1-2H3,(H,23,24,28). The second-order valence-corrected chi connectivity index (χ2v) is 7.68. The number of carbonyl (C=O) groups excluding carboxylic acids is 1. The molecule has 1 aliphatic heterocycles. The summed E-state index contributed by atoms with van der Waals surface area (Å²) in [5.74, 6) is 0.458. The zero-order valence-electron chi connectivity index (χ0n) is 16.7. The smallest absolute Gasteiger partial charge is 0.345 e. The summed E-state index contributed by atoms with van der Waals surface area (Å²) in [5, 5.41) is 9.64. The van der Waals surface area contributed by atoms with E-state index in [4.69, 9.17) is 0 Å². The first kappa shape index (κ1) is 20.1. The maximum absolute atomic E-state index is 12.9. The van der Waals surface area contributed by atoms with Crippen LogP contribution in [0.15, 0.2) is 29.1 Å². The van der Waals surface area contributed by atoms with Crippen LogP contribution in [0.4, 0.5) is 0 Å². The summed E-state index contributed by atoms with van der Waals surface area (Å²) in [6.07, 6.45) is 6.01. The molecule has 1 atom stereocenters. The lowest BCUT2D eigenvalue weighted by Crippen LogP contribution is -2.44. The largest absolute Gasteiger partial charge is 0.508 e. The van der Waals surface area contributed by atoms with Gasteiger partial charge < -0.3 is 15.0 Å². The Balaban J connectivity index is 1.61. The molecule has 2 aromatic rings. The fraction of sp³-hybridized carbons (Fsp3) is 0.500. The van der Waals surface area contributed by atoms with Crippen LogP contribution >= 0.6 is 0 Å². The Morgan fingerprint density at radius 1 is 1.29 bits per heavy atom. The molecular formula is C22H29N3O3. The maximum Gasteiger partial charge on any atom is 0.345 e. The molecule has 6 nitrogen and oxygen atoms in total. The van der Waals surface area contributed by atoms with E-state index in [0.29, 0.717) is 18.5 Å². The van der Waals surface area contributed by atoms with Gasteiger partial charge >= 0.3 is 5.69 Å². The Labute approximate surface area is 165 Å². The summed E-state index contributed by atoms with van der Waals surface area (Å²) < 4.78 is 0. The normalized spacial score (nSPS) is 16.9. The van der Waals surface area contributed by atoms with Gasteiger partial charge in [0.25, 0.3) is 0 Å². The van der Waals surface area contributed by atoms with Crippen LogP contribution in [0, 0.1) is 13.8 Å². The summed E-state index contributed by atoms with van der Waals surface area (Å²) in [6.45, 7) is 4.49. The number of rotatable bonds is 6. The van der Waals surface area contributed by atoms with Crippen molar-refractivity contribution in [3.05, 3.63) is 57.3 Å². The molecule has 0 aliphatic carbocycles. The predicted molar refractivity (Wildman–Crippen MR) is 108 cm³/mol. The number of benzene rings is 1. The lowest BCUT2D eigenvalue weighted by molar-refractivity contribution is -0.135. The number of nitrogens with zero attached hydrogens (tertiary/aromatic N) is 2. The third-order valence-corrected chi connectivity index (χ3v) is 5.67. The molecule has 0 bridgehead atoms. The van der Waals surface area contributed by atoms with Gasteiger partial charge in [0.2, 0.25) is 5.91 Å². The summed E-state index contributed by atoms with van der Waals surface area (Å²) >= 11 is 0. The average Bonchev–Trinajstić information content (AvgIpc) is 2.65. The van der Waals surface area contributed by atoms with Crippen molar-refractivity contribution in [2.75, 3.05) is 6.54 Å². The van der Waals surface area contributed by atoms with Gasteiger partial charge in [-0.1, -0.05) is 12.1 Å². The number of aromatic amines is 1. The molecule has 0 saturated carbocycles. The maximum atomic E-state index is 12.9. The number of phenolic OH excluding ortho intramolecular Hbond substituents is 1. The van der Waals surface area contributed by atoms with Crippen LogP contribution in [0.25, 0.3) is 0 Å². The van der Waals surface area contributed by atoms with E-state index < -0.39 is 0 Å². The zero-order valence-corrected chi connectivity index (χ0v) is 16.7. The quantitative estimate of drug-likeness (QED) is 0.803. The second-order valence-electron chi connectivity index (χ2n) is 7.68. The molecule has 0 radical (unpaired) electrons. The first-order valence-corrected chi connectivity index (χ1v) is 10.1. The van der Waals surface area contributed by atoms with E-state index in [9.17, 15) is 14.7 Å². The highest BCUT2D eigenvalue weighted by atomic mass is 16.3. The Kier molecular flexibility index (Phi) is 6.49. The molecule has 28 heavy (non-hydrogen) atoms. The summed E-state index contributed by atoms with van der Waals surface area (Å²) in [4.78, 5) is 33.1. The molecule has 1 aliphatic rings. The van der Waals surface area contributed by atoms with Crippen molar-refractivity contribution in [3.8, 4) is 5.75 Å². The van der Waals surface area contributed by atoms with E-state index >= 15 is 0 Å². The van der Waals surface area contributed by atoms with Crippen molar-refractivity contribution in [2.24, 2.45) is 0 Å². The van der Waals surface area contributed by atoms with E-state index in [1.165, 1.54) is 0 Å². The van der Waals surface area contributed by atoms with E-state index in [0.717, 1.165) is 55.5 Å². The average molecular weight is 383 g/mol. The number of H-pyrrole nitrogens is 1. The minimum atomic E-state index is -0.340. The molecule has 2 N–H and O–H groups in total. The minimum absolute atomic E-state index is 0.172. The van der Waals surface area contributed by atoms with Crippen LogP contribution in [0.3, 0.4) is 0 Å². The molecule has 2 heterocycles. The predicted octanol–water partition coefficient (Wildman–Crippen LogP) is 3.04. The van der Waals surface area contributed by atoms with E-state index in [2.05, 4.69) is 9.97 Å². The van der Waals surface area contributed by atoms with Crippen LogP contribution in [0.5, 0.6) is 5.75 Å². The van der Waals surface area contributed by atoms with Gasteiger partial charge in [-0.05, 0) is 75.6 Å². The molecule has 0 spiro atoms. The number of aromatic nitrogens is 2. The minimum Gasteiger partial charge on any atom is -0.508 e. The zero-order chi connectivity index (χ0) is 20.1. The van der Waals surface area contributed by atoms with E-state index in [1.807, 2.05) is 30.9 Å². The number of aromatic hydroxyl groups is 1. The highest BCUT2D eigenvalue weighted by Gasteiger charge is 2.26. The van der Waals surface area contributed by atoms with Gasteiger partial charge in [-0.15, -0.1) is 0 Å². The van der Waals surface area contributed by atoms with Gasteiger partial charge in [0, 0.05) is 30.4 Å². The van der Waals surface area contributed by atoms with Crippen LogP contribution in [-0.2, 0) is 17.6 Å². The van der Waals surface area contributed by atoms with Gasteiger partial charge in [0.1, 0.15) is 5.75 Å². The number of nitrogens with one attached hydrogen (secondary N) is 1. The van der Waals surface area contributed by atoms with Crippen molar-refractivity contribution < 1.29 is 9.90 Å². The number of carbonyl (C=O) groups is 1. The lowest BCUT2D eigenvalue weighted by Gasteiger charge is -2.36. The number of likely N-dealkylation sites (tertiary alicyclic amines) is 1. The highest BCUT2D eigenvalue weighted by molar-refractivity contribution is 5.77. The van der Waals surface area contributed by atoms with Gasteiger partial charge in [-0.25, -0.2) is 4.79 Å². The first-order chi connectivity index (χ1) is 13.4. The summed E-state index contributed by atoms with van der Waals surface area (Å²) in [6, 6.07) is 7.60. The number of hydrogen-bond donors (Lipinski definition) is 2. The Hall–Kier alpha value is -2.63. The molecule has 1 unspecified atom stereocenters. The van der Waals surface area contributed by atoms with Crippen molar-refractivity contribution in [1.82, 2.24) is 14.9 Å². The fourth-order valence-corrected chi connectivity index (χ4v) is 4.17. The molecule has 1 aromatic heterocycles. The van der Waals surface area contributed by atoms with Crippen molar-refractivity contribution in [3.63, 3.8) is 0 Å². The third-order valence-electron chi connectivity index (χ3n) is 5.67. The molecular weight excluding hydrogens is 354 g/mol. The van der Waals surface area contributed by atoms with Crippen LogP contribution in [0.2, 0.25) is 0 Å². The van der Waals surface area contributed by atoms with Gasteiger partial charge in [0.15, 0.2) is 0 Å². The number of amides is 1. The van der Waals surface area contributed by atoms with Crippen molar-refractivity contribution >= 4 is 5.91 Å². The van der Waals surface area contributed by atoms with E-state index in [1.54, 1.807) is 12.1 Å². The number of hydrogen-bond acceptors (Lipinski definition) is 4. The molecule has 1 amide bonds. The van der Waals surface area contributed by atoms with Gasteiger partial charge in [0.05, 0.1) is 0 Å². The van der Waals surface area contributed by atoms with Crippen LogP contribution < -0.4 is 5.69 Å². The molecule has 150 valence electrons. The first-order valence-electron chi connectivity index (χ1n) is 10.1. The van der Waals surface area contributed by atoms with Crippen molar-refractivity contribution in [2.45, 2.75) is 64.8 Å². The number of piperidine rings is 1. The summed E-state index contributed by atoms with van der Waals surface area (Å²) in [7, 11) is 0. The molecule has 6 heteroatoms. The van der Waals surface area contributed by atoms with Crippen LogP contribution in [-0.4, -0.2) is 38.5 Å². The number of phenols is 1. The monoisotopic (exact) mass is 383 g/mol. The van der Waals surface area contributed by atoms with E-state index in [-0.39, 0.29) is 23.4 Å². The van der Waals surface area contributed by atoms with Crippen molar-refractivity contribution in [1.29, 1.82) is 0 Å². The second kappa shape index (κ2) is 9.04.